The molecule has 2 aromatic rings. The minimum atomic E-state index is -0.342. The summed E-state index contributed by atoms with van der Waals surface area (Å²) in [6.45, 7) is 0. The molecule has 0 bridgehead atoms. The molecular formula is C12H8ClFN2S. The van der Waals surface area contributed by atoms with Crippen molar-refractivity contribution in [1.82, 2.24) is 5.32 Å². The molecule has 0 spiro atoms. The molecule has 2 heterocycles. The lowest BCUT2D eigenvalue weighted by Gasteiger charge is -2.18. The lowest BCUT2D eigenvalue weighted by Crippen LogP contribution is -2.22. The molecule has 1 aliphatic rings. The maximum absolute atomic E-state index is 14.0. The highest BCUT2D eigenvalue weighted by atomic mass is 35.5. The van der Waals surface area contributed by atoms with Crippen LogP contribution >= 0.6 is 22.9 Å². The van der Waals surface area contributed by atoms with Crippen LogP contribution in [0.1, 0.15) is 11.6 Å². The summed E-state index contributed by atoms with van der Waals surface area (Å²) in [6.07, 6.45) is 3.07. The van der Waals surface area contributed by atoms with Crippen molar-refractivity contribution in [3.63, 3.8) is 0 Å². The second-order valence-corrected chi connectivity index (χ2v) is 5.12. The molecule has 0 fully saturated rings. The van der Waals surface area contributed by atoms with Crippen LogP contribution in [-0.4, -0.2) is 6.34 Å². The summed E-state index contributed by atoms with van der Waals surface area (Å²) in [7, 11) is 0. The van der Waals surface area contributed by atoms with Crippen molar-refractivity contribution in [2.75, 3.05) is 0 Å². The van der Waals surface area contributed by atoms with Crippen LogP contribution in [0.4, 0.5) is 4.39 Å². The van der Waals surface area contributed by atoms with E-state index in [1.165, 1.54) is 12.5 Å². The Morgan fingerprint density at radius 1 is 1.35 bits per heavy atom. The summed E-state index contributed by atoms with van der Waals surface area (Å²) in [6, 6.07) is 7.26. The highest BCUT2D eigenvalue weighted by molar-refractivity contribution is 7.17. The van der Waals surface area contributed by atoms with E-state index in [0.717, 1.165) is 21.4 Å². The third kappa shape index (κ3) is 1.73. The van der Waals surface area contributed by atoms with Crippen molar-refractivity contribution in [1.29, 1.82) is 0 Å². The largest absolute Gasteiger partial charge is 0.364 e. The fraction of sp³-hybridized carbons (Fsp3) is 0.0833. The van der Waals surface area contributed by atoms with Gasteiger partial charge in [-0.1, -0.05) is 29.8 Å². The van der Waals surface area contributed by atoms with E-state index in [1.807, 2.05) is 24.3 Å². The first-order valence-corrected chi connectivity index (χ1v) is 6.27. The van der Waals surface area contributed by atoms with Crippen molar-refractivity contribution in [2.24, 2.45) is 4.99 Å². The number of rotatable bonds is 1. The van der Waals surface area contributed by atoms with Gasteiger partial charge in [0, 0.05) is 21.8 Å². The lowest BCUT2D eigenvalue weighted by atomic mass is 10.0. The van der Waals surface area contributed by atoms with E-state index < -0.39 is 0 Å². The molecule has 5 heteroatoms. The highest BCUT2D eigenvalue weighted by Gasteiger charge is 2.24. The number of halogens is 2. The molecule has 86 valence electrons. The fourth-order valence-electron chi connectivity index (χ4n) is 1.91. The predicted octanol–water partition coefficient (Wildman–Crippen LogP) is 3.79. The molecule has 1 unspecified atom stereocenters. The number of thiophene rings is 1. The van der Waals surface area contributed by atoms with E-state index in [-0.39, 0.29) is 11.2 Å². The third-order valence-corrected chi connectivity index (χ3v) is 3.96. The lowest BCUT2D eigenvalue weighted by molar-refractivity contribution is 0.621. The van der Waals surface area contributed by atoms with E-state index in [4.69, 9.17) is 11.6 Å². The molecule has 0 aliphatic carbocycles. The van der Waals surface area contributed by atoms with Gasteiger partial charge in [-0.05, 0) is 6.07 Å². The molecule has 0 amide bonds. The normalized spacial score (nSPS) is 19.2. The molecule has 3 rings (SSSR count). The van der Waals surface area contributed by atoms with Crippen LogP contribution in [0.2, 0.25) is 0 Å². The topological polar surface area (TPSA) is 24.4 Å². The van der Waals surface area contributed by atoms with Crippen LogP contribution < -0.4 is 5.32 Å². The highest BCUT2D eigenvalue weighted by Crippen LogP contribution is 2.38. The zero-order chi connectivity index (χ0) is 11.8. The van der Waals surface area contributed by atoms with Crippen molar-refractivity contribution in [3.8, 4) is 0 Å². The quantitative estimate of drug-likeness (QED) is 0.834. The first-order valence-electron chi connectivity index (χ1n) is 5.07. The van der Waals surface area contributed by atoms with Crippen molar-refractivity contribution in [3.05, 3.63) is 46.2 Å². The first-order chi connectivity index (χ1) is 8.27. The molecule has 1 aromatic heterocycles. The molecule has 0 radical (unpaired) electrons. The molecule has 0 saturated heterocycles. The smallest absolute Gasteiger partial charge is 0.183 e. The van der Waals surface area contributed by atoms with Gasteiger partial charge in [0.15, 0.2) is 5.13 Å². The third-order valence-electron chi connectivity index (χ3n) is 2.67. The van der Waals surface area contributed by atoms with Gasteiger partial charge in [-0.2, -0.15) is 4.39 Å². The van der Waals surface area contributed by atoms with Gasteiger partial charge in [0.2, 0.25) is 0 Å². The summed E-state index contributed by atoms with van der Waals surface area (Å²) in [4.78, 5) is 3.88. The molecule has 1 atom stereocenters. The standard InChI is InChI=1S/C12H8ClFN2S/c13-8-5-15-6-16-11(8)10-7-3-1-2-4-9(7)17-12(10)14/h1-6,11H,(H,15,16). The Morgan fingerprint density at radius 2 is 2.18 bits per heavy atom. The minimum Gasteiger partial charge on any atom is -0.364 e. The van der Waals surface area contributed by atoms with Crippen molar-refractivity contribution >= 4 is 39.4 Å². The second kappa shape index (κ2) is 4.13. The van der Waals surface area contributed by atoms with E-state index in [9.17, 15) is 4.39 Å². The Hall–Kier alpha value is -1.39. The maximum atomic E-state index is 14.0. The van der Waals surface area contributed by atoms with Gasteiger partial charge < -0.3 is 5.32 Å². The number of nitrogens with one attached hydrogen (secondary N) is 1. The number of fused-ring (bicyclic) bond motifs is 1. The molecule has 17 heavy (non-hydrogen) atoms. The molecule has 2 nitrogen and oxygen atoms in total. The Labute approximate surface area is 106 Å². The number of aliphatic imine (C=N–C) groups is 1. The number of hydrogen-bond acceptors (Lipinski definition) is 3. The molecule has 1 aliphatic heterocycles. The van der Waals surface area contributed by atoms with Crippen LogP contribution in [-0.2, 0) is 0 Å². The van der Waals surface area contributed by atoms with Gasteiger partial charge in [0.05, 0.1) is 17.4 Å². The molecule has 1 aromatic carbocycles. The monoisotopic (exact) mass is 266 g/mol. The first kappa shape index (κ1) is 10.7. The van der Waals surface area contributed by atoms with Crippen LogP contribution in [0.3, 0.4) is 0 Å². The SMILES string of the molecule is Fc1sc2ccccc2c1C1NC=NC=C1Cl. The summed E-state index contributed by atoms with van der Waals surface area (Å²) in [5.74, 6) is 0. The predicted molar refractivity (Wildman–Crippen MR) is 70.1 cm³/mol. The molecular weight excluding hydrogens is 259 g/mol. The second-order valence-electron chi connectivity index (χ2n) is 3.68. The molecule has 0 saturated carbocycles. The maximum Gasteiger partial charge on any atom is 0.183 e. The molecule has 1 N–H and O–H groups in total. The number of hydrogen-bond donors (Lipinski definition) is 1. The Bertz CT molecular complexity index is 632. The average molecular weight is 267 g/mol. The van der Waals surface area contributed by atoms with Crippen LogP contribution in [0.25, 0.3) is 10.1 Å². The summed E-state index contributed by atoms with van der Waals surface area (Å²) in [5.41, 5.74) is 0.595. The van der Waals surface area contributed by atoms with Crippen LogP contribution in [0, 0.1) is 5.13 Å². The Kier molecular flexibility index (Phi) is 2.61. The van der Waals surface area contributed by atoms with Gasteiger partial charge in [0.1, 0.15) is 0 Å². The van der Waals surface area contributed by atoms with E-state index in [1.54, 1.807) is 0 Å². The van der Waals surface area contributed by atoms with Gasteiger partial charge in [-0.15, -0.1) is 11.3 Å². The summed E-state index contributed by atoms with van der Waals surface area (Å²) in [5, 5.41) is 4.17. The average Bonchev–Trinajstić information content (AvgIpc) is 2.66. The van der Waals surface area contributed by atoms with E-state index in [0.29, 0.717) is 10.6 Å². The van der Waals surface area contributed by atoms with Crippen LogP contribution in [0.5, 0.6) is 0 Å². The van der Waals surface area contributed by atoms with E-state index >= 15 is 0 Å². The Balaban J connectivity index is 2.20. The Morgan fingerprint density at radius 3 is 3.00 bits per heavy atom. The minimum absolute atomic E-state index is 0.203. The van der Waals surface area contributed by atoms with Gasteiger partial charge >= 0.3 is 0 Å². The van der Waals surface area contributed by atoms with Gasteiger partial charge in [-0.25, -0.2) is 4.99 Å². The van der Waals surface area contributed by atoms with Crippen molar-refractivity contribution < 1.29 is 4.39 Å². The zero-order valence-electron chi connectivity index (χ0n) is 8.65. The number of nitrogens with zero attached hydrogens (tertiary/aromatic N) is 1. The summed E-state index contributed by atoms with van der Waals surface area (Å²) >= 11 is 7.21. The fourth-order valence-corrected chi connectivity index (χ4v) is 3.10. The van der Waals surface area contributed by atoms with Crippen LogP contribution in [0.15, 0.2) is 40.5 Å². The van der Waals surface area contributed by atoms with Crippen molar-refractivity contribution in [2.45, 2.75) is 6.04 Å². The summed E-state index contributed by atoms with van der Waals surface area (Å²) < 4.78 is 14.9. The van der Waals surface area contributed by atoms with E-state index in [2.05, 4.69) is 10.3 Å². The number of benzene rings is 1. The van der Waals surface area contributed by atoms with Gasteiger partial charge in [-0.3, -0.25) is 0 Å². The van der Waals surface area contributed by atoms with Gasteiger partial charge in [0.25, 0.3) is 0 Å². The zero-order valence-corrected chi connectivity index (χ0v) is 10.2.